The zero-order valence-corrected chi connectivity index (χ0v) is 15.4. The number of guanidine groups is 1. The van der Waals surface area contributed by atoms with Crippen LogP contribution < -0.4 is 15.4 Å². The first-order valence-corrected chi connectivity index (χ1v) is 8.79. The van der Waals surface area contributed by atoms with Crippen LogP contribution in [0, 0.1) is 0 Å². The Bertz CT molecular complexity index is 622. The van der Waals surface area contributed by atoms with E-state index in [2.05, 4.69) is 39.8 Å². The Labute approximate surface area is 150 Å². The zero-order chi connectivity index (χ0) is 17.9. The van der Waals surface area contributed by atoms with E-state index in [1.54, 1.807) is 20.4 Å². The van der Waals surface area contributed by atoms with Gasteiger partial charge in [0.05, 0.1) is 7.11 Å². The molecule has 25 heavy (non-hydrogen) atoms. The lowest BCUT2D eigenvalue weighted by Gasteiger charge is -2.15. The molecule has 1 aromatic heterocycles. The lowest BCUT2D eigenvalue weighted by molar-refractivity contribution is 0.414. The largest absolute Gasteiger partial charge is 0.497 e. The SMILES string of the molecule is CN=C(NCCCn1cccn1)NCCC(C)c1ccc(OC)cc1. The molecule has 2 aromatic rings. The van der Waals surface area contributed by atoms with Crippen molar-refractivity contribution in [3.8, 4) is 5.75 Å². The first-order valence-electron chi connectivity index (χ1n) is 8.79. The number of hydrogen-bond acceptors (Lipinski definition) is 3. The molecule has 0 aliphatic rings. The fraction of sp³-hybridized carbons (Fsp3) is 0.474. The van der Waals surface area contributed by atoms with Gasteiger partial charge in [0.15, 0.2) is 5.96 Å². The van der Waals surface area contributed by atoms with Gasteiger partial charge in [0, 0.05) is 39.1 Å². The fourth-order valence-corrected chi connectivity index (χ4v) is 2.61. The predicted molar refractivity (Wildman–Crippen MR) is 102 cm³/mol. The van der Waals surface area contributed by atoms with E-state index >= 15 is 0 Å². The summed E-state index contributed by atoms with van der Waals surface area (Å²) in [4.78, 5) is 4.27. The van der Waals surface area contributed by atoms with Gasteiger partial charge in [-0.2, -0.15) is 5.10 Å². The van der Waals surface area contributed by atoms with Gasteiger partial charge in [-0.05, 0) is 42.5 Å². The Morgan fingerprint density at radius 2 is 2.00 bits per heavy atom. The van der Waals surface area contributed by atoms with Gasteiger partial charge in [0.1, 0.15) is 5.75 Å². The van der Waals surface area contributed by atoms with Gasteiger partial charge >= 0.3 is 0 Å². The van der Waals surface area contributed by atoms with Gasteiger partial charge in [0.2, 0.25) is 0 Å². The fourth-order valence-electron chi connectivity index (χ4n) is 2.61. The van der Waals surface area contributed by atoms with E-state index < -0.39 is 0 Å². The summed E-state index contributed by atoms with van der Waals surface area (Å²) in [6.45, 7) is 4.90. The molecule has 0 spiro atoms. The summed E-state index contributed by atoms with van der Waals surface area (Å²) in [6, 6.07) is 10.2. The van der Waals surface area contributed by atoms with E-state index in [9.17, 15) is 0 Å². The second kappa shape index (κ2) is 10.4. The van der Waals surface area contributed by atoms with Crippen LogP contribution in [0.2, 0.25) is 0 Å². The molecule has 0 saturated heterocycles. The number of aryl methyl sites for hydroxylation is 1. The van der Waals surface area contributed by atoms with Crippen molar-refractivity contribution in [3.05, 3.63) is 48.3 Å². The van der Waals surface area contributed by atoms with Crippen LogP contribution in [0.1, 0.15) is 31.2 Å². The molecule has 1 aromatic carbocycles. The van der Waals surface area contributed by atoms with E-state index in [0.29, 0.717) is 5.92 Å². The molecule has 0 amide bonds. The van der Waals surface area contributed by atoms with Gasteiger partial charge in [-0.3, -0.25) is 9.67 Å². The van der Waals surface area contributed by atoms with Crippen molar-refractivity contribution in [2.45, 2.75) is 32.2 Å². The van der Waals surface area contributed by atoms with Crippen LogP contribution in [0.15, 0.2) is 47.7 Å². The van der Waals surface area contributed by atoms with Gasteiger partial charge in [-0.15, -0.1) is 0 Å². The Balaban J connectivity index is 1.64. The lowest BCUT2D eigenvalue weighted by Crippen LogP contribution is -2.38. The standard InChI is InChI=1S/C19H29N5O/c1-16(17-6-8-18(25-3)9-7-17)10-13-22-19(20-2)21-11-4-14-24-15-5-12-23-24/h5-9,12,15-16H,4,10-11,13-14H2,1-3H3,(H2,20,21,22). The molecule has 0 fully saturated rings. The summed E-state index contributed by atoms with van der Waals surface area (Å²) in [7, 11) is 3.49. The van der Waals surface area contributed by atoms with Crippen molar-refractivity contribution in [2.24, 2.45) is 4.99 Å². The summed E-state index contributed by atoms with van der Waals surface area (Å²) in [5.41, 5.74) is 1.32. The monoisotopic (exact) mass is 343 g/mol. The second-order valence-electron chi connectivity index (χ2n) is 6.01. The van der Waals surface area contributed by atoms with Crippen molar-refractivity contribution >= 4 is 5.96 Å². The molecule has 6 nitrogen and oxygen atoms in total. The number of benzene rings is 1. The molecular weight excluding hydrogens is 314 g/mol. The lowest BCUT2D eigenvalue weighted by atomic mass is 9.98. The van der Waals surface area contributed by atoms with Crippen molar-refractivity contribution in [2.75, 3.05) is 27.2 Å². The van der Waals surface area contributed by atoms with Crippen LogP contribution in [0.4, 0.5) is 0 Å². The first kappa shape index (κ1) is 18.8. The third-order valence-corrected chi connectivity index (χ3v) is 4.19. The highest BCUT2D eigenvalue weighted by molar-refractivity contribution is 5.79. The summed E-state index contributed by atoms with van der Waals surface area (Å²) in [5.74, 6) is 2.23. The highest BCUT2D eigenvalue weighted by Gasteiger charge is 2.06. The van der Waals surface area contributed by atoms with Crippen LogP contribution in [0.25, 0.3) is 0 Å². The average Bonchev–Trinajstić information content (AvgIpc) is 3.17. The molecule has 1 atom stereocenters. The van der Waals surface area contributed by atoms with Crippen molar-refractivity contribution < 1.29 is 4.74 Å². The second-order valence-corrected chi connectivity index (χ2v) is 6.01. The Morgan fingerprint density at radius 1 is 1.24 bits per heavy atom. The van der Waals surface area contributed by atoms with E-state index in [1.165, 1.54) is 5.56 Å². The third-order valence-electron chi connectivity index (χ3n) is 4.19. The molecular formula is C19H29N5O. The summed E-state index contributed by atoms with van der Waals surface area (Å²) < 4.78 is 7.14. The maximum Gasteiger partial charge on any atom is 0.190 e. The molecule has 0 aliphatic carbocycles. The summed E-state index contributed by atoms with van der Waals surface area (Å²) in [6.07, 6.45) is 5.83. The number of rotatable bonds is 9. The molecule has 0 bridgehead atoms. The zero-order valence-electron chi connectivity index (χ0n) is 15.4. The van der Waals surface area contributed by atoms with Gasteiger partial charge in [0.25, 0.3) is 0 Å². The van der Waals surface area contributed by atoms with Crippen LogP contribution in [0.5, 0.6) is 5.75 Å². The normalized spacial score (nSPS) is 12.7. The summed E-state index contributed by atoms with van der Waals surface area (Å²) in [5, 5.41) is 10.9. The molecule has 1 unspecified atom stereocenters. The molecule has 2 rings (SSSR count). The molecule has 136 valence electrons. The minimum atomic E-state index is 0.483. The highest BCUT2D eigenvalue weighted by atomic mass is 16.5. The first-order chi connectivity index (χ1) is 12.2. The number of nitrogens with one attached hydrogen (secondary N) is 2. The molecule has 0 aliphatic heterocycles. The van der Waals surface area contributed by atoms with Crippen molar-refractivity contribution in [1.29, 1.82) is 0 Å². The van der Waals surface area contributed by atoms with Crippen LogP contribution in [-0.2, 0) is 6.54 Å². The number of ether oxygens (including phenoxy) is 1. The van der Waals surface area contributed by atoms with Crippen LogP contribution in [-0.4, -0.2) is 43.0 Å². The molecule has 0 radical (unpaired) electrons. The average molecular weight is 343 g/mol. The van der Waals surface area contributed by atoms with Crippen molar-refractivity contribution in [1.82, 2.24) is 20.4 Å². The van der Waals surface area contributed by atoms with Crippen LogP contribution in [0.3, 0.4) is 0 Å². The van der Waals surface area contributed by atoms with Crippen LogP contribution >= 0.6 is 0 Å². The molecule has 6 heteroatoms. The summed E-state index contributed by atoms with van der Waals surface area (Å²) >= 11 is 0. The number of aliphatic imine (C=N–C) groups is 1. The molecule has 2 N–H and O–H groups in total. The number of nitrogens with zero attached hydrogens (tertiary/aromatic N) is 3. The maximum atomic E-state index is 5.20. The van der Waals surface area contributed by atoms with Gasteiger partial charge < -0.3 is 15.4 Å². The minimum absolute atomic E-state index is 0.483. The van der Waals surface area contributed by atoms with E-state index in [1.807, 2.05) is 29.1 Å². The smallest absolute Gasteiger partial charge is 0.190 e. The van der Waals surface area contributed by atoms with E-state index in [-0.39, 0.29) is 0 Å². The van der Waals surface area contributed by atoms with E-state index in [0.717, 1.165) is 44.2 Å². The maximum absolute atomic E-state index is 5.20. The Kier molecular flexibility index (Phi) is 7.82. The predicted octanol–water partition coefficient (Wildman–Crippen LogP) is 2.64. The van der Waals surface area contributed by atoms with E-state index in [4.69, 9.17) is 4.74 Å². The molecule has 0 saturated carbocycles. The number of methoxy groups -OCH3 is 1. The molecule has 1 heterocycles. The number of hydrogen-bond donors (Lipinski definition) is 2. The Hall–Kier alpha value is -2.50. The van der Waals surface area contributed by atoms with Gasteiger partial charge in [-0.25, -0.2) is 0 Å². The van der Waals surface area contributed by atoms with Crippen molar-refractivity contribution in [3.63, 3.8) is 0 Å². The quantitative estimate of drug-likeness (QED) is 0.417. The number of aromatic nitrogens is 2. The Morgan fingerprint density at radius 3 is 2.64 bits per heavy atom. The highest BCUT2D eigenvalue weighted by Crippen LogP contribution is 2.21. The third kappa shape index (κ3) is 6.49. The van der Waals surface area contributed by atoms with Gasteiger partial charge in [-0.1, -0.05) is 19.1 Å². The topological polar surface area (TPSA) is 63.5 Å². The minimum Gasteiger partial charge on any atom is -0.497 e.